The van der Waals surface area contributed by atoms with Gasteiger partial charge in [0.05, 0.1) is 42.4 Å². The molecule has 69 heavy (non-hydrogen) atoms. The number of nitro groups is 1. The van der Waals surface area contributed by atoms with Gasteiger partial charge in [0.2, 0.25) is 5.79 Å². The van der Waals surface area contributed by atoms with E-state index < -0.39 is 28.8 Å². The van der Waals surface area contributed by atoms with Gasteiger partial charge in [0.15, 0.2) is 0 Å². The van der Waals surface area contributed by atoms with Crippen molar-refractivity contribution < 1.29 is 43.7 Å². The van der Waals surface area contributed by atoms with Gasteiger partial charge in [0, 0.05) is 37.2 Å². The molecule has 1 amide bonds. The number of ether oxygens (including phenoxy) is 4. The number of nitro benzene ring substituents is 1. The first-order valence-corrected chi connectivity index (χ1v) is 24.0. The third kappa shape index (κ3) is 10.9. The van der Waals surface area contributed by atoms with Crippen molar-refractivity contribution >= 4 is 28.3 Å². The number of oxime groups is 1. The van der Waals surface area contributed by atoms with Gasteiger partial charge in [-0.2, -0.15) is 0 Å². The van der Waals surface area contributed by atoms with Crippen LogP contribution in [0.4, 0.5) is 10.5 Å². The highest BCUT2D eigenvalue weighted by molar-refractivity contribution is 6.03. The predicted octanol–water partition coefficient (Wildman–Crippen LogP) is 11.6. The number of rotatable bonds is 23. The second-order valence-corrected chi connectivity index (χ2v) is 17.8. The van der Waals surface area contributed by atoms with Crippen LogP contribution >= 0.6 is 0 Å². The molecule has 360 valence electrons. The van der Waals surface area contributed by atoms with Crippen LogP contribution in [-0.2, 0) is 27.5 Å². The quantitative estimate of drug-likeness (QED) is 0.0279. The van der Waals surface area contributed by atoms with Crippen LogP contribution in [0, 0.1) is 27.9 Å². The van der Waals surface area contributed by atoms with Crippen LogP contribution in [0.15, 0.2) is 157 Å². The summed E-state index contributed by atoms with van der Waals surface area (Å²) in [5.41, 5.74) is 4.10. The number of benzene rings is 5. The highest BCUT2D eigenvalue weighted by atomic mass is 16.7. The Hall–Kier alpha value is -6.80. The summed E-state index contributed by atoms with van der Waals surface area (Å²) < 4.78 is 27.1. The number of hydrogen-bond donors (Lipinski definition) is 2. The monoisotopic (exact) mass is 935 g/mol. The van der Waals surface area contributed by atoms with Gasteiger partial charge in [-0.1, -0.05) is 115 Å². The number of non-ortho nitro benzene ring substituents is 1. The standard InChI is InChI=1S/C56H61N3O10/c1-3-5-32-65-55(62)58(37-42-22-15-21-40-19-9-10-25-46(40)42)52-36-50(57-67-38-39-17-7-6-8-18-39)48-33-41(20-11-13-29-60)47(26-12-14-30-61)53-49-35-45(68-44-24-16-23-43(34-44)59(63)64)27-28-51(49)69-56(52,54(48)53)66-31-4-2/h3-4,6-10,15-19,21-25,27-28,33-35,41,47,52-54,60-61H,1-2,5,11-14,20,26,29-32,36-38H2/t41-,47+,52-,53+,54+,56+/m0/s1. The van der Waals surface area contributed by atoms with E-state index in [1.165, 1.54) is 12.1 Å². The van der Waals surface area contributed by atoms with E-state index in [4.69, 9.17) is 28.9 Å². The van der Waals surface area contributed by atoms with Crippen LogP contribution in [0.5, 0.6) is 17.2 Å². The van der Waals surface area contributed by atoms with E-state index in [0.29, 0.717) is 42.2 Å². The van der Waals surface area contributed by atoms with Crippen molar-refractivity contribution in [2.24, 2.45) is 22.9 Å². The zero-order chi connectivity index (χ0) is 48.2. The second-order valence-electron chi connectivity index (χ2n) is 17.8. The van der Waals surface area contributed by atoms with Crippen molar-refractivity contribution in [1.29, 1.82) is 0 Å². The Kier molecular flexibility index (Phi) is 16.2. The average molecular weight is 936 g/mol. The maximum Gasteiger partial charge on any atom is 0.410 e. The topological polar surface area (TPSA) is 162 Å². The lowest BCUT2D eigenvalue weighted by Crippen LogP contribution is -2.70. The van der Waals surface area contributed by atoms with E-state index in [-0.39, 0.29) is 69.4 Å². The van der Waals surface area contributed by atoms with E-state index in [0.717, 1.165) is 58.7 Å². The molecule has 1 fully saturated rings. The molecule has 5 aromatic rings. The van der Waals surface area contributed by atoms with Crippen molar-refractivity contribution in [3.8, 4) is 17.2 Å². The molecule has 0 bridgehead atoms. The molecule has 0 saturated heterocycles. The molecule has 1 heterocycles. The number of unbranched alkanes of at least 4 members (excludes halogenated alkanes) is 2. The molecule has 5 aromatic carbocycles. The minimum Gasteiger partial charge on any atom is -0.459 e. The minimum absolute atomic E-state index is 0.0116. The van der Waals surface area contributed by atoms with E-state index in [1.807, 2.05) is 84.9 Å². The van der Waals surface area contributed by atoms with Crippen molar-refractivity contribution in [3.63, 3.8) is 0 Å². The number of aliphatic hydroxyl groups is 2. The zero-order valence-corrected chi connectivity index (χ0v) is 38.9. The molecule has 0 aromatic heterocycles. The number of allylic oxidation sites excluding steroid dienone is 1. The van der Waals surface area contributed by atoms with Crippen LogP contribution in [0.3, 0.4) is 0 Å². The van der Waals surface area contributed by atoms with Gasteiger partial charge in [-0.15, -0.1) is 13.2 Å². The summed E-state index contributed by atoms with van der Waals surface area (Å²) in [4.78, 5) is 34.3. The van der Waals surface area contributed by atoms with Crippen LogP contribution < -0.4 is 9.47 Å². The fourth-order valence-corrected chi connectivity index (χ4v) is 10.5. The molecule has 13 heteroatoms. The van der Waals surface area contributed by atoms with Gasteiger partial charge in [-0.05, 0) is 95.7 Å². The predicted molar refractivity (Wildman–Crippen MR) is 265 cm³/mol. The summed E-state index contributed by atoms with van der Waals surface area (Å²) in [5, 5.41) is 38.8. The zero-order valence-electron chi connectivity index (χ0n) is 38.9. The lowest BCUT2D eigenvalue weighted by atomic mass is 9.55. The Labute approximate surface area is 403 Å². The smallest absolute Gasteiger partial charge is 0.410 e. The number of carbonyl (C=O) groups is 1. The molecule has 2 aliphatic carbocycles. The first kappa shape index (κ1) is 48.6. The van der Waals surface area contributed by atoms with Crippen LogP contribution in [0.1, 0.15) is 74.0 Å². The fraction of sp³-hybridized carbons (Fsp3) is 0.357. The van der Waals surface area contributed by atoms with Gasteiger partial charge in [-0.3, -0.25) is 15.0 Å². The average Bonchev–Trinajstić information content (AvgIpc) is 3.37. The summed E-state index contributed by atoms with van der Waals surface area (Å²) in [7, 11) is 0. The molecule has 13 nitrogen and oxygen atoms in total. The molecule has 0 radical (unpaired) electrons. The second kappa shape index (κ2) is 23.0. The SMILES string of the molecule is C=CCCOC(=O)N(Cc1cccc2ccccc12)[C@H]1CC(=NOCc2ccccc2)C2=C[C@H](CCCCO)[C@@H](CCCCO)[C@@H]3c4cc(Oc5cccc([N+](=O)[O-])c5)ccc4O[C@@]1(OCC=C)[C@H]23. The Balaban J connectivity index is 1.35. The summed E-state index contributed by atoms with van der Waals surface area (Å²) in [6.07, 6.45) is 9.98. The number of amides is 1. The molecule has 8 rings (SSSR count). The Morgan fingerprint density at radius 1 is 0.884 bits per heavy atom. The van der Waals surface area contributed by atoms with E-state index >= 15 is 4.79 Å². The first-order valence-electron chi connectivity index (χ1n) is 24.0. The van der Waals surface area contributed by atoms with E-state index in [9.17, 15) is 20.3 Å². The first-order chi connectivity index (χ1) is 33.8. The lowest BCUT2D eigenvalue weighted by molar-refractivity contribution is -0.384. The van der Waals surface area contributed by atoms with Gasteiger partial charge in [0.1, 0.15) is 29.9 Å². The van der Waals surface area contributed by atoms with E-state index in [1.54, 1.807) is 35.3 Å². The number of hydrogen-bond acceptors (Lipinski definition) is 11. The molecule has 0 unspecified atom stereocenters. The number of carbonyl (C=O) groups excluding carboxylic acids is 1. The van der Waals surface area contributed by atoms with Gasteiger partial charge >= 0.3 is 6.09 Å². The molecule has 0 spiro atoms. The van der Waals surface area contributed by atoms with Crippen LogP contribution in [0.25, 0.3) is 10.8 Å². The summed E-state index contributed by atoms with van der Waals surface area (Å²) in [6, 6.07) is 34.7. The number of fused-ring (bicyclic) bond motifs is 3. The molecule has 1 aliphatic heterocycles. The Morgan fingerprint density at radius 3 is 2.42 bits per heavy atom. The third-order valence-corrected chi connectivity index (χ3v) is 13.5. The molecule has 1 saturated carbocycles. The number of aliphatic hydroxyl groups excluding tert-OH is 2. The van der Waals surface area contributed by atoms with E-state index in [2.05, 4.69) is 19.2 Å². The molecular formula is C56H61N3O10. The molecule has 2 N–H and O–H groups in total. The third-order valence-electron chi connectivity index (χ3n) is 13.5. The highest BCUT2D eigenvalue weighted by Crippen LogP contribution is 2.62. The Bertz CT molecular complexity index is 2650. The Morgan fingerprint density at radius 2 is 1.64 bits per heavy atom. The maximum absolute atomic E-state index is 15.0. The maximum atomic E-state index is 15.0. The molecular weight excluding hydrogens is 875 g/mol. The number of nitrogens with zero attached hydrogens (tertiary/aromatic N) is 3. The van der Waals surface area contributed by atoms with Crippen molar-refractivity contribution in [2.45, 2.75) is 82.3 Å². The lowest BCUT2D eigenvalue weighted by Gasteiger charge is -2.59. The highest BCUT2D eigenvalue weighted by Gasteiger charge is 2.65. The molecule has 6 atom stereocenters. The van der Waals surface area contributed by atoms with Crippen LogP contribution in [-0.4, -0.2) is 70.1 Å². The minimum atomic E-state index is -1.55. The molecule has 3 aliphatic rings. The normalized spacial score (nSPS) is 21.8. The van der Waals surface area contributed by atoms with Crippen molar-refractivity contribution in [1.82, 2.24) is 4.90 Å². The van der Waals surface area contributed by atoms with Gasteiger partial charge < -0.3 is 34.0 Å². The summed E-state index contributed by atoms with van der Waals surface area (Å²) >= 11 is 0. The summed E-state index contributed by atoms with van der Waals surface area (Å²) in [6.45, 7) is 8.57. The largest absolute Gasteiger partial charge is 0.459 e. The fourth-order valence-electron chi connectivity index (χ4n) is 10.5. The van der Waals surface area contributed by atoms with Gasteiger partial charge in [0.25, 0.3) is 5.69 Å². The van der Waals surface area contributed by atoms with Crippen molar-refractivity contribution in [3.05, 3.63) is 179 Å². The van der Waals surface area contributed by atoms with Gasteiger partial charge in [-0.25, -0.2) is 4.79 Å². The van der Waals surface area contributed by atoms with Crippen molar-refractivity contribution in [2.75, 3.05) is 26.4 Å². The summed E-state index contributed by atoms with van der Waals surface area (Å²) in [5.74, 6) is -1.27. The van der Waals surface area contributed by atoms with Crippen LogP contribution in [0.2, 0.25) is 0 Å².